The molecule has 7 heteroatoms. The maximum Gasteiger partial charge on any atom is 0.273 e. The summed E-state index contributed by atoms with van der Waals surface area (Å²) in [5.41, 5.74) is 2.22. The van der Waals surface area contributed by atoms with Gasteiger partial charge in [-0.25, -0.2) is 4.68 Å². The molecule has 0 aliphatic carbocycles. The Morgan fingerprint density at radius 3 is 2.85 bits per heavy atom. The second-order valence-electron chi connectivity index (χ2n) is 6.01. The highest BCUT2D eigenvalue weighted by atomic mass is 16.5. The fourth-order valence-electron chi connectivity index (χ4n) is 2.89. The second-order valence-corrected chi connectivity index (χ2v) is 6.01. The van der Waals surface area contributed by atoms with Crippen LogP contribution < -0.4 is 14.8 Å². The number of hydrogen-bond donors (Lipinski definition) is 1. The second kappa shape index (κ2) is 6.87. The van der Waals surface area contributed by atoms with E-state index in [1.807, 2.05) is 48.5 Å². The van der Waals surface area contributed by atoms with Crippen molar-refractivity contribution in [2.45, 2.75) is 12.5 Å². The Hall–Kier alpha value is -3.35. The van der Waals surface area contributed by atoms with E-state index < -0.39 is 0 Å². The third kappa shape index (κ3) is 3.23. The molecule has 0 saturated heterocycles. The number of carbonyl (C=O) groups is 1. The van der Waals surface area contributed by atoms with Crippen LogP contribution in [0.15, 0.2) is 54.7 Å². The highest BCUT2D eigenvalue weighted by Gasteiger charge is 2.23. The van der Waals surface area contributed by atoms with E-state index in [4.69, 9.17) is 9.47 Å². The largest absolute Gasteiger partial charge is 0.497 e. The van der Waals surface area contributed by atoms with E-state index in [2.05, 4.69) is 15.6 Å². The van der Waals surface area contributed by atoms with Gasteiger partial charge >= 0.3 is 0 Å². The lowest BCUT2D eigenvalue weighted by Gasteiger charge is -2.10. The number of nitrogens with one attached hydrogen (secondary N) is 1. The average molecular weight is 350 g/mol. The van der Waals surface area contributed by atoms with E-state index in [9.17, 15) is 4.79 Å². The number of amides is 1. The van der Waals surface area contributed by atoms with Gasteiger partial charge in [0.1, 0.15) is 17.6 Å². The van der Waals surface area contributed by atoms with Gasteiger partial charge in [-0.1, -0.05) is 23.4 Å². The van der Waals surface area contributed by atoms with Crippen LogP contribution in [0.5, 0.6) is 11.5 Å². The molecule has 1 aliphatic heterocycles. The molecule has 132 valence electrons. The Bertz CT molecular complexity index is 896. The molecule has 1 N–H and O–H groups in total. The Morgan fingerprint density at radius 1 is 1.27 bits per heavy atom. The number of methoxy groups -OCH3 is 1. The van der Waals surface area contributed by atoms with Crippen molar-refractivity contribution in [3.8, 4) is 17.2 Å². The van der Waals surface area contributed by atoms with E-state index >= 15 is 0 Å². The quantitative estimate of drug-likeness (QED) is 0.762. The van der Waals surface area contributed by atoms with E-state index in [0.717, 1.165) is 29.2 Å². The minimum Gasteiger partial charge on any atom is -0.497 e. The van der Waals surface area contributed by atoms with Crippen molar-refractivity contribution < 1.29 is 14.3 Å². The molecule has 26 heavy (non-hydrogen) atoms. The lowest BCUT2D eigenvalue weighted by molar-refractivity contribution is 0.0928. The summed E-state index contributed by atoms with van der Waals surface area (Å²) in [6.45, 7) is 0.420. The zero-order valence-corrected chi connectivity index (χ0v) is 14.3. The zero-order chi connectivity index (χ0) is 17.9. The van der Waals surface area contributed by atoms with Gasteiger partial charge in [-0.15, -0.1) is 5.10 Å². The van der Waals surface area contributed by atoms with Crippen molar-refractivity contribution >= 4 is 5.91 Å². The summed E-state index contributed by atoms with van der Waals surface area (Å²) in [6.07, 6.45) is 2.32. The standard InChI is InChI=1S/C19H18N4O3/c1-25-15-8-6-14(7-9-15)23-12-17(21-22-23)19(24)20-11-16-10-13-4-2-3-5-18(13)26-16/h2-9,12,16H,10-11H2,1H3,(H,20,24). The van der Waals surface area contributed by atoms with Gasteiger partial charge in [0, 0.05) is 6.42 Å². The maximum atomic E-state index is 12.3. The Morgan fingerprint density at radius 2 is 2.08 bits per heavy atom. The molecule has 3 aromatic rings. The molecule has 0 spiro atoms. The van der Waals surface area contributed by atoms with Crippen LogP contribution in [0, 0.1) is 0 Å². The number of carbonyl (C=O) groups excluding carboxylic acids is 1. The first-order valence-corrected chi connectivity index (χ1v) is 8.32. The highest BCUT2D eigenvalue weighted by molar-refractivity contribution is 5.91. The fraction of sp³-hybridized carbons (Fsp3) is 0.211. The fourth-order valence-corrected chi connectivity index (χ4v) is 2.89. The van der Waals surface area contributed by atoms with Crippen LogP contribution in [0.3, 0.4) is 0 Å². The summed E-state index contributed by atoms with van der Waals surface area (Å²) >= 11 is 0. The van der Waals surface area contributed by atoms with Crippen LogP contribution in [-0.4, -0.2) is 40.7 Å². The van der Waals surface area contributed by atoms with Crippen LogP contribution in [0.2, 0.25) is 0 Å². The summed E-state index contributed by atoms with van der Waals surface area (Å²) in [5, 5.41) is 10.8. The first-order chi connectivity index (χ1) is 12.7. The van der Waals surface area contributed by atoms with Crippen LogP contribution >= 0.6 is 0 Å². The number of benzene rings is 2. The number of rotatable bonds is 5. The van der Waals surface area contributed by atoms with Crippen molar-refractivity contribution in [1.82, 2.24) is 20.3 Å². The molecule has 2 heterocycles. The molecule has 1 aromatic heterocycles. The predicted octanol–water partition coefficient (Wildman–Crippen LogP) is 2.01. The Labute approximate surface area is 150 Å². The normalized spacial score (nSPS) is 15.2. The third-order valence-corrected chi connectivity index (χ3v) is 4.27. The number of hydrogen-bond acceptors (Lipinski definition) is 5. The average Bonchev–Trinajstić information content (AvgIpc) is 3.33. The van der Waals surface area contributed by atoms with Crippen LogP contribution in [0.25, 0.3) is 5.69 Å². The van der Waals surface area contributed by atoms with Gasteiger partial charge in [-0.05, 0) is 35.9 Å². The molecule has 0 saturated carbocycles. The van der Waals surface area contributed by atoms with Crippen molar-refractivity contribution in [2.24, 2.45) is 0 Å². The van der Waals surface area contributed by atoms with Gasteiger partial charge in [-0.3, -0.25) is 4.79 Å². The molecule has 1 unspecified atom stereocenters. The number of nitrogens with zero attached hydrogens (tertiary/aromatic N) is 3. The van der Waals surface area contributed by atoms with E-state index in [1.54, 1.807) is 18.0 Å². The molecule has 7 nitrogen and oxygen atoms in total. The molecular formula is C19H18N4O3. The summed E-state index contributed by atoms with van der Waals surface area (Å²) in [4.78, 5) is 12.3. The van der Waals surface area contributed by atoms with Gasteiger partial charge in [0.15, 0.2) is 5.69 Å². The van der Waals surface area contributed by atoms with E-state index in [0.29, 0.717) is 6.54 Å². The lowest BCUT2D eigenvalue weighted by Crippen LogP contribution is -2.34. The summed E-state index contributed by atoms with van der Waals surface area (Å²) in [6, 6.07) is 15.3. The summed E-state index contributed by atoms with van der Waals surface area (Å²) in [7, 11) is 1.61. The minimum absolute atomic E-state index is 0.0621. The van der Waals surface area contributed by atoms with Crippen LogP contribution in [0.4, 0.5) is 0 Å². The first kappa shape index (κ1) is 16.1. The van der Waals surface area contributed by atoms with Gasteiger partial charge in [-0.2, -0.15) is 0 Å². The highest BCUT2D eigenvalue weighted by Crippen LogP contribution is 2.27. The van der Waals surface area contributed by atoms with Crippen molar-refractivity contribution in [3.63, 3.8) is 0 Å². The van der Waals surface area contributed by atoms with Crippen molar-refractivity contribution in [3.05, 3.63) is 66.0 Å². The summed E-state index contributed by atoms with van der Waals surface area (Å²) < 4.78 is 12.5. The van der Waals surface area contributed by atoms with Gasteiger partial charge in [0.25, 0.3) is 5.91 Å². The van der Waals surface area contributed by atoms with Crippen molar-refractivity contribution in [1.29, 1.82) is 0 Å². The molecule has 0 bridgehead atoms. The molecule has 2 aromatic carbocycles. The Balaban J connectivity index is 1.36. The SMILES string of the molecule is COc1ccc(-n2cc(C(=O)NCC3Cc4ccccc4O3)nn2)cc1. The lowest BCUT2D eigenvalue weighted by atomic mass is 10.1. The number of para-hydroxylation sites is 1. The van der Waals surface area contributed by atoms with Gasteiger partial charge in [0.2, 0.25) is 0 Å². The van der Waals surface area contributed by atoms with Crippen LogP contribution in [0.1, 0.15) is 16.1 Å². The predicted molar refractivity (Wildman–Crippen MR) is 94.8 cm³/mol. The summed E-state index contributed by atoms with van der Waals surface area (Å²) in [5.74, 6) is 1.37. The molecule has 1 amide bonds. The third-order valence-electron chi connectivity index (χ3n) is 4.27. The van der Waals surface area contributed by atoms with Gasteiger partial charge in [0.05, 0.1) is 25.5 Å². The maximum absolute atomic E-state index is 12.3. The number of aromatic nitrogens is 3. The molecule has 4 rings (SSSR count). The molecule has 0 radical (unpaired) electrons. The monoisotopic (exact) mass is 350 g/mol. The van der Waals surface area contributed by atoms with E-state index in [-0.39, 0.29) is 17.7 Å². The molecule has 0 fully saturated rings. The zero-order valence-electron chi connectivity index (χ0n) is 14.3. The Kier molecular flexibility index (Phi) is 4.27. The molecule has 1 atom stereocenters. The topological polar surface area (TPSA) is 78.3 Å². The minimum atomic E-state index is -0.274. The van der Waals surface area contributed by atoms with Gasteiger partial charge < -0.3 is 14.8 Å². The molecular weight excluding hydrogens is 332 g/mol. The van der Waals surface area contributed by atoms with E-state index in [1.165, 1.54) is 0 Å². The van der Waals surface area contributed by atoms with Crippen LogP contribution in [-0.2, 0) is 6.42 Å². The smallest absolute Gasteiger partial charge is 0.273 e. The first-order valence-electron chi connectivity index (χ1n) is 8.32. The number of ether oxygens (including phenoxy) is 2. The number of fused-ring (bicyclic) bond motifs is 1. The van der Waals surface area contributed by atoms with Crippen molar-refractivity contribution in [2.75, 3.05) is 13.7 Å². The molecule has 1 aliphatic rings.